The number of Topliss-reactive ketones (excluding diaryl/α,β-unsaturated/α-hetero) is 1. The smallest absolute Gasteiger partial charge is 0.240 e. The van der Waals surface area contributed by atoms with Crippen LogP contribution in [0.5, 0.6) is 5.75 Å². The molecule has 21 heavy (non-hydrogen) atoms. The summed E-state index contributed by atoms with van der Waals surface area (Å²) in [6.07, 6.45) is 0. The zero-order valence-electron chi connectivity index (χ0n) is 12.2. The predicted molar refractivity (Wildman–Crippen MR) is 79.1 cm³/mol. The van der Waals surface area contributed by atoms with Crippen molar-refractivity contribution in [3.63, 3.8) is 0 Å². The summed E-state index contributed by atoms with van der Waals surface area (Å²) in [5.41, 5.74) is 3.70. The minimum atomic E-state index is -0.278. The van der Waals surface area contributed by atoms with Crippen LogP contribution in [0.15, 0.2) is 30.3 Å². The predicted octanol–water partition coefficient (Wildman–Crippen LogP) is 2.62. The van der Waals surface area contributed by atoms with Crippen LogP contribution in [0.25, 0.3) is 10.8 Å². The second kappa shape index (κ2) is 6.37. The van der Waals surface area contributed by atoms with E-state index in [2.05, 4.69) is 5.48 Å². The zero-order valence-corrected chi connectivity index (χ0v) is 12.2. The summed E-state index contributed by atoms with van der Waals surface area (Å²) in [4.78, 5) is 27.6. The summed E-state index contributed by atoms with van der Waals surface area (Å²) in [6.45, 7) is 3.06. The van der Waals surface area contributed by atoms with Crippen molar-refractivity contribution in [3.8, 4) is 5.75 Å². The molecule has 0 aliphatic heterocycles. The van der Waals surface area contributed by atoms with Crippen LogP contribution in [0.2, 0.25) is 0 Å². The largest absolute Gasteiger partial charge is 0.497 e. The van der Waals surface area contributed by atoms with Gasteiger partial charge in [-0.1, -0.05) is 6.07 Å². The lowest BCUT2D eigenvalue weighted by molar-refractivity contribution is -0.132. The maximum absolute atomic E-state index is 11.6. The molecule has 2 rings (SSSR count). The van der Waals surface area contributed by atoms with Crippen LogP contribution in [-0.4, -0.2) is 18.8 Å². The second-order valence-corrected chi connectivity index (χ2v) is 4.73. The summed E-state index contributed by atoms with van der Waals surface area (Å²) in [6, 6.07) is 9.21. The van der Waals surface area contributed by atoms with Gasteiger partial charge in [-0.05, 0) is 47.5 Å². The number of methoxy groups -OCH3 is 1. The number of carbonyl (C=O) groups excluding carboxylic acids is 2. The Hall–Kier alpha value is -2.40. The first-order chi connectivity index (χ1) is 10.0. The van der Waals surface area contributed by atoms with E-state index in [-0.39, 0.29) is 18.3 Å². The third kappa shape index (κ3) is 3.58. The Kier molecular flexibility index (Phi) is 4.55. The average Bonchev–Trinajstić information content (AvgIpc) is 2.46. The van der Waals surface area contributed by atoms with Crippen LogP contribution < -0.4 is 10.2 Å². The summed E-state index contributed by atoms with van der Waals surface area (Å²) in [5, 5.41) is 1.84. The molecular weight excluding hydrogens is 270 g/mol. The van der Waals surface area contributed by atoms with Crippen molar-refractivity contribution in [1.29, 1.82) is 0 Å². The quantitative estimate of drug-likeness (QED) is 0.678. The summed E-state index contributed by atoms with van der Waals surface area (Å²) in [7, 11) is 1.60. The number of rotatable bonds is 5. The van der Waals surface area contributed by atoms with Crippen molar-refractivity contribution in [3.05, 3.63) is 41.5 Å². The number of fused-ring (bicyclic) bond motifs is 1. The molecule has 1 amide bonds. The normalized spacial score (nSPS) is 10.4. The fourth-order valence-corrected chi connectivity index (χ4v) is 2.08. The monoisotopic (exact) mass is 287 g/mol. The standard InChI is InChI=1S/C16H17NO4/c1-10(18)13-6-12-4-5-15(20-3)8-16(12)14(7-13)9-21-17-11(2)19/h4-8H,9H2,1-3H3,(H,17,19). The molecule has 5 nitrogen and oxygen atoms in total. The van der Waals surface area contributed by atoms with Gasteiger partial charge in [0.05, 0.1) is 7.11 Å². The van der Waals surface area contributed by atoms with E-state index in [4.69, 9.17) is 9.57 Å². The Morgan fingerprint density at radius 1 is 1.14 bits per heavy atom. The van der Waals surface area contributed by atoms with E-state index in [0.717, 1.165) is 22.1 Å². The van der Waals surface area contributed by atoms with Gasteiger partial charge in [0.1, 0.15) is 12.4 Å². The molecule has 2 aromatic rings. The second-order valence-electron chi connectivity index (χ2n) is 4.73. The first-order valence-corrected chi connectivity index (χ1v) is 6.51. The van der Waals surface area contributed by atoms with Crippen LogP contribution in [0.1, 0.15) is 29.8 Å². The number of carbonyl (C=O) groups is 2. The van der Waals surface area contributed by atoms with Gasteiger partial charge in [-0.25, -0.2) is 5.48 Å². The number of nitrogens with one attached hydrogen (secondary N) is 1. The maximum Gasteiger partial charge on any atom is 0.240 e. The van der Waals surface area contributed by atoms with Gasteiger partial charge < -0.3 is 4.74 Å². The van der Waals surface area contributed by atoms with Crippen molar-refractivity contribution < 1.29 is 19.2 Å². The van der Waals surface area contributed by atoms with Crippen molar-refractivity contribution >= 4 is 22.5 Å². The highest BCUT2D eigenvalue weighted by molar-refractivity contribution is 6.00. The van der Waals surface area contributed by atoms with Gasteiger partial charge in [-0.15, -0.1) is 0 Å². The fraction of sp³-hybridized carbons (Fsp3) is 0.250. The molecule has 0 aromatic heterocycles. The van der Waals surface area contributed by atoms with Gasteiger partial charge in [0.2, 0.25) is 5.91 Å². The lowest BCUT2D eigenvalue weighted by Gasteiger charge is -2.11. The Balaban J connectivity index is 2.46. The SMILES string of the molecule is COc1ccc2cc(C(C)=O)cc(CONC(C)=O)c2c1. The first-order valence-electron chi connectivity index (χ1n) is 6.51. The Labute approximate surface area is 122 Å². The van der Waals surface area contributed by atoms with Gasteiger partial charge in [-0.2, -0.15) is 0 Å². The maximum atomic E-state index is 11.6. The molecule has 110 valence electrons. The third-order valence-corrected chi connectivity index (χ3v) is 3.10. The zero-order chi connectivity index (χ0) is 15.4. The van der Waals surface area contributed by atoms with Crippen LogP contribution in [0, 0.1) is 0 Å². The highest BCUT2D eigenvalue weighted by Crippen LogP contribution is 2.26. The molecule has 0 saturated carbocycles. The third-order valence-electron chi connectivity index (χ3n) is 3.10. The Bertz CT molecular complexity index is 694. The van der Waals surface area contributed by atoms with Crippen molar-refractivity contribution in [2.75, 3.05) is 7.11 Å². The fourth-order valence-electron chi connectivity index (χ4n) is 2.08. The van der Waals surface area contributed by atoms with E-state index in [9.17, 15) is 9.59 Å². The van der Waals surface area contributed by atoms with E-state index in [0.29, 0.717) is 5.56 Å². The summed E-state index contributed by atoms with van der Waals surface area (Å²) < 4.78 is 5.22. The molecule has 0 aliphatic rings. The van der Waals surface area contributed by atoms with Gasteiger partial charge >= 0.3 is 0 Å². The van der Waals surface area contributed by atoms with E-state index >= 15 is 0 Å². The van der Waals surface area contributed by atoms with E-state index in [1.54, 1.807) is 13.2 Å². The van der Waals surface area contributed by atoms with Crippen molar-refractivity contribution in [2.45, 2.75) is 20.5 Å². The molecular formula is C16H17NO4. The number of ether oxygens (including phenoxy) is 1. The lowest BCUT2D eigenvalue weighted by Crippen LogP contribution is -2.20. The minimum Gasteiger partial charge on any atom is -0.497 e. The van der Waals surface area contributed by atoms with Gasteiger partial charge in [0.15, 0.2) is 5.78 Å². The summed E-state index contributed by atoms with van der Waals surface area (Å²) >= 11 is 0. The van der Waals surface area contributed by atoms with Crippen LogP contribution in [0.3, 0.4) is 0 Å². The number of amides is 1. The number of ketones is 1. The molecule has 0 atom stereocenters. The minimum absolute atomic E-state index is 0.0199. The van der Waals surface area contributed by atoms with Gasteiger partial charge in [0, 0.05) is 12.5 Å². The lowest BCUT2D eigenvalue weighted by atomic mass is 9.99. The van der Waals surface area contributed by atoms with Crippen molar-refractivity contribution in [1.82, 2.24) is 5.48 Å². The molecule has 0 aliphatic carbocycles. The van der Waals surface area contributed by atoms with Crippen LogP contribution >= 0.6 is 0 Å². The molecule has 0 heterocycles. The Morgan fingerprint density at radius 2 is 1.90 bits per heavy atom. The Morgan fingerprint density at radius 3 is 2.52 bits per heavy atom. The topological polar surface area (TPSA) is 64.6 Å². The number of hydroxylamine groups is 1. The first kappa shape index (κ1) is 15.0. The highest BCUT2D eigenvalue weighted by Gasteiger charge is 2.09. The van der Waals surface area contributed by atoms with E-state index < -0.39 is 0 Å². The molecule has 1 N–H and O–H groups in total. The molecule has 0 radical (unpaired) electrons. The van der Waals surface area contributed by atoms with Crippen LogP contribution in [-0.2, 0) is 16.2 Å². The molecule has 0 fully saturated rings. The molecule has 0 bridgehead atoms. The molecule has 0 unspecified atom stereocenters. The molecule has 5 heteroatoms. The highest BCUT2D eigenvalue weighted by atomic mass is 16.6. The molecule has 0 saturated heterocycles. The number of benzene rings is 2. The van der Waals surface area contributed by atoms with Crippen molar-refractivity contribution in [2.24, 2.45) is 0 Å². The number of hydrogen-bond donors (Lipinski definition) is 1. The molecule has 0 spiro atoms. The average molecular weight is 287 g/mol. The van der Waals surface area contributed by atoms with E-state index in [1.807, 2.05) is 24.3 Å². The molecule has 2 aromatic carbocycles. The number of hydrogen-bond acceptors (Lipinski definition) is 4. The summed E-state index contributed by atoms with van der Waals surface area (Å²) in [5.74, 6) is 0.423. The van der Waals surface area contributed by atoms with E-state index in [1.165, 1.54) is 13.8 Å². The van der Waals surface area contributed by atoms with Gasteiger partial charge in [-0.3, -0.25) is 14.4 Å². The van der Waals surface area contributed by atoms with Crippen LogP contribution in [0.4, 0.5) is 0 Å². The van der Waals surface area contributed by atoms with Gasteiger partial charge in [0.25, 0.3) is 0 Å².